The van der Waals surface area contributed by atoms with Crippen molar-refractivity contribution in [3.05, 3.63) is 65.2 Å². The van der Waals surface area contributed by atoms with Crippen molar-refractivity contribution < 1.29 is 13.2 Å². The van der Waals surface area contributed by atoms with Gasteiger partial charge in [-0.2, -0.15) is 5.26 Å². The number of carbonyl (C=O) groups is 1. The summed E-state index contributed by atoms with van der Waals surface area (Å²) in [4.78, 5) is 11.7. The van der Waals surface area contributed by atoms with Gasteiger partial charge in [0.25, 0.3) is 0 Å². The fourth-order valence-corrected chi connectivity index (χ4v) is 5.48. The quantitative estimate of drug-likeness (QED) is 0.798. The molecule has 0 spiro atoms. The first kappa shape index (κ1) is 15.7. The molecule has 116 valence electrons. The zero-order chi connectivity index (χ0) is 16.7. The topological polar surface area (TPSA) is 75.0 Å². The lowest BCUT2D eigenvalue weighted by Gasteiger charge is -2.04. The number of nitrogens with zero attached hydrogens (tertiary/aromatic N) is 1. The molecule has 23 heavy (non-hydrogen) atoms. The zero-order valence-corrected chi connectivity index (χ0v) is 13.5. The lowest BCUT2D eigenvalue weighted by atomic mass is 10.0. The Hall–Kier alpha value is -2.16. The van der Waals surface area contributed by atoms with E-state index in [1.165, 1.54) is 12.1 Å². The number of nitriles is 1. The van der Waals surface area contributed by atoms with E-state index in [1.54, 1.807) is 42.5 Å². The second kappa shape index (κ2) is 5.48. The van der Waals surface area contributed by atoms with Gasteiger partial charge in [0.2, 0.25) is 0 Å². The van der Waals surface area contributed by atoms with E-state index in [2.05, 4.69) is 0 Å². The molecular weight excluding hydrogens is 334 g/mol. The van der Waals surface area contributed by atoms with Crippen molar-refractivity contribution in [1.29, 1.82) is 5.26 Å². The molecule has 4 nitrogen and oxygen atoms in total. The molecule has 3 rings (SSSR count). The van der Waals surface area contributed by atoms with Crippen molar-refractivity contribution >= 4 is 27.7 Å². The van der Waals surface area contributed by atoms with Crippen molar-refractivity contribution in [2.24, 2.45) is 5.41 Å². The first-order valence-electron chi connectivity index (χ1n) is 6.89. The fourth-order valence-electron chi connectivity index (χ4n) is 3.02. The van der Waals surface area contributed by atoms with Crippen LogP contribution in [0.1, 0.15) is 11.5 Å². The van der Waals surface area contributed by atoms with E-state index >= 15 is 0 Å². The maximum atomic E-state index is 12.9. The Labute approximate surface area is 139 Å². The number of sulfone groups is 1. The molecule has 2 aromatic carbocycles. The summed E-state index contributed by atoms with van der Waals surface area (Å²) in [6.07, 6.45) is 0.448. The standard InChI is InChI=1S/C17H12ClNO3S/c18-13-6-4-5-12(9-13)15-16(17(15,10-19)11-20)23(21,22)14-7-2-1-3-8-14/h1-9,11,15-16H/t15-,16-,17+/m0/s1. The highest BCUT2D eigenvalue weighted by atomic mass is 35.5. The summed E-state index contributed by atoms with van der Waals surface area (Å²) in [5.41, 5.74) is -0.991. The van der Waals surface area contributed by atoms with Gasteiger partial charge in [-0.15, -0.1) is 0 Å². The van der Waals surface area contributed by atoms with Gasteiger partial charge >= 0.3 is 0 Å². The van der Waals surface area contributed by atoms with Crippen LogP contribution >= 0.6 is 11.6 Å². The summed E-state index contributed by atoms with van der Waals surface area (Å²) in [6, 6.07) is 16.4. The van der Waals surface area contributed by atoms with Gasteiger partial charge < -0.3 is 4.79 Å². The van der Waals surface area contributed by atoms with Crippen LogP contribution in [-0.2, 0) is 14.6 Å². The highest BCUT2D eigenvalue weighted by Crippen LogP contribution is 2.62. The maximum absolute atomic E-state index is 12.9. The number of halogens is 1. The second-order valence-corrected chi connectivity index (χ2v) is 7.98. The van der Waals surface area contributed by atoms with Gasteiger partial charge in [-0.05, 0) is 29.8 Å². The molecule has 1 fully saturated rings. The predicted octanol–water partition coefficient (Wildman–Crippen LogP) is 2.99. The van der Waals surface area contributed by atoms with Gasteiger partial charge in [0.1, 0.15) is 17.0 Å². The van der Waals surface area contributed by atoms with Crippen LogP contribution in [0.25, 0.3) is 0 Å². The molecule has 0 amide bonds. The monoisotopic (exact) mass is 345 g/mol. The van der Waals surface area contributed by atoms with Gasteiger partial charge in [-0.3, -0.25) is 0 Å². The van der Waals surface area contributed by atoms with Crippen molar-refractivity contribution in [1.82, 2.24) is 0 Å². The van der Waals surface area contributed by atoms with E-state index in [0.717, 1.165) is 0 Å². The summed E-state index contributed by atoms with van der Waals surface area (Å²) < 4.78 is 25.7. The van der Waals surface area contributed by atoms with Crippen LogP contribution in [0.2, 0.25) is 5.02 Å². The molecule has 1 aliphatic carbocycles. The minimum Gasteiger partial charge on any atom is -0.302 e. The average molecular weight is 346 g/mol. The van der Waals surface area contributed by atoms with Crippen molar-refractivity contribution in [2.75, 3.05) is 0 Å². The Morgan fingerprint density at radius 2 is 1.83 bits per heavy atom. The van der Waals surface area contributed by atoms with E-state index in [0.29, 0.717) is 16.9 Å². The Bertz CT molecular complexity index is 905. The van der Waals surface area contributed by atoms with E-state index in [-0.39, 0.29) is 4.90 Å². The molecule has 3 atom stereocenters. The number of hydrogen-bond acceptors (Lipinski definition) is 4. The van der Waals surface area contributed by atoms with Crippen LogP contribution in [0, 0.1) is 16.7 Å². The van der Waals surface area contributed by atoms with Gasteiger partial charge in [-0.1, -0.05) is 41.9 Å². The molecule has 0 aliphatic heterocycles. The van der Waals surface area contributed by atoms with Crippen LogP contribution < -0.4 is 0 Å². The predicted molar refractivity (Wildman–Crippen MR) is 85.7 cm³/mol. The smallest absolute Gasteiger partial charge is 0.183 e. The van der Waals surface area contributed by atoms with Crippen molar-refractivity contribution in [3.8, 4) is 6.07 Å². The molecule has 0 bridgehead atoms. The lowest BCUT2D eigenvalue weighted by Crippen LogP contribution is -2.16. The second-order valence-electron chi connectivity index (χ2n) is 5.47. The van der Waals surface area contributed by atoms with Gasteiger partial charge in [0, 0.05) is 10.9 Å². The molecule has 0 heterocycles. The third-order valence-electron chi connectivity index (χ3n) is 4.18. The molecule has 0 aromatic heterocycles. The lowest BCUT2D eigenvalue weighted by molar-refractivity contribution is -0.110. The van der Waals surface area contributed by atoms with Crippen LogP contribution in [-0.4, -0.2) is 20.0 Å². The molecule has 6 heteroatoms. The highest BCUT2D eigenvalue weighted by Gasteiger charge is 2.72. The minimum atomic E-state index is -3.80. The average Bonchev–Trinajstić information content (AvgIpc) is 3.26. The number of rotatable bonds is 4. The molecule has 2 aromatic rings. The molecule has 1 aliphatic rings. The Kier molecular flexibility index (Phi) is 3.75. The van der Waals surface area contributed by atoms with E-state index < -0.39 is 26.4 Å². The summed E-state index contributed by atoms with van der Waals surface area (Å²) >= 11 is 5.95. The third-order valence-corrected chi connectivity index (χ3v) is 6.68. The van der Waals surface area contributed by atoms with Crippen LogP contribution in [0.3, 0.4) is 0 Å². The van der Waals surface area contributed by atoms with E-state index in [9.17, 15) is 18.5 Å². The van der Waals surface area contributed by atoms with Gasteiger partial charge in [0.05, 0.1) is 11.0 Å². The van der Waals surface area contributed by atoms with Gasteiger partial charge in [-0.25, -0.2) is 8.42 Å². The fraction of sp³-hybridized carbons (Fsp3) is 0.176. The third kappa shape index (κ3) is 2.35. The summed E-state index contributed by atoms with van der Waals surface area (Å²) in [5.74, 6) is -0.714. The van der Waals surface area contributed by atoms with E-state index in [1.807, 2.05) is 6.07 Å². The molecule has 0 unspecified atom stereocenters. The molecular formula is C17H12ClNO3S. The largest absolute Gasteiger partial charge is 0.302 e. The van der Waals surface area contributed by atoms with E-state index in [4.69, 9.17) is 11.6 Å². The maximum Gasteiger partial charge on any atom is 0.183 e. The van der Waals surface area contributed by atoms with Crippen LogP contribution in [0.15, 0.2) is 59.5 Å². The number of hydrogen-bond donors (Lipinski definition) is 0. The SMILES string of the molecule is N#C[C@@]1(C=O)[C@@H](c2cccc(Cl)c2)[C@@H]1S(=O)(=O)c1ccccc1. The summed E-state index contributed by atoms with van der Waals surface area (Å²) in [7, 11) is -3.80. The minimum absolute atomic E-state index is 0.107. The first-order valence-corrected chi connectivity index (χ1v) is 8.82. The first-order chi connectivity index (χ1) is 11.0. The highest BCUT2D eigenvalue weighted by molar-refractivity contribution is 7.92. The number of aldehydes is 1. The molecule has 0 radical (unpaired) electrons. The van der Waals surface area contributed by atoms with Gasteiger partial charge in [0.15, 0.2) is 9.84 Å². The number of benzene rings is 2. The Balaban J connectivity index is 2.11. The summed E-state index contributed by atoms with van der Waals surface area (Å²) in [6.45, 7) is 0. The zero-order valence-electron chi connectivity index (χ0n) is 11.9. The van der Waals surface area contributed by atoms with Crippen molar-refractivity contribution in [2.45, 2.75) is 16.1 Å². The molecule has 0 saturated heterocycles. The molecule has 1 saturated carbocycles. The number of carbonyl (C=O) groups excluding carboxylic acids is 1. The van der Waals surface area contributed by atoms with Crippen LogP contribution in [0.4, 0.5) is 0 Å². The van der Waals surface area contributed by atoms with Crippen molar-refractivity contribution in [3.63, 3.8) is 0 Å². The Morgan fingerprint density at radius 1 is 1.13 bits per heavy atom. The molecule has 0 N–H and O–H groups in total. The Morgan fingerprint density at radius 3 is 2.39 bits per heavy atom. The normalized spacial score (nSPS) is 26.3. The van der Waals surface area contributed by atoms with Crippen LogP contribution in [0.5, 0.6) is 0 Å². The summed E-state index contributed by atoms with van der Waals surface area (Å²) in [5, 5.41) is 8.79.